The fourth-order valence-electron chi connectivity index (χ4n) is 2.19. The molecule has 2 aromatic rings. The van der Waals surface area contributed by atoms with E-state index in [9.17, 15) is 0 Å². The largest absolute Gasteiger partial charge is 0.496 e. The summed E-state index contributed by atoms with van der Waals surface area (Å²) in [6.45, 7) is 3.23. The van der Waals surface area contributed by atoms with E-state index in [-0.39, 0.29) is 0 Å². The minimum atomic E-state index is 0.362. The van der Waals surface area contributed by atoms with Gasteiger partial charge in [0.25, 0.3) is 0 Å². The van der Waals surface area contributed by atoms with Crippen molar-refractivity contribution < 1.29 is 4.74 Å². The highest BCUT2D eigenvalue weighted by Crippen LogP contribution is 2.31. The van der Waals surface area contributed by atoms with Crippen LogP contribution in [0.15, 0.2) is 59.5 Å². The molecular weight excluding hydrogens is 278 g/mol. The fraction of sp³-hybridized carbons (Fsp3) is 0.333. The van der Waals surface area contributed by atoms with Crippen molar-refractivity contribution in [3.05, 3.63) is 60.2 Å². The molecule has 0 aromatic heterocycles. The standard InChI is InChI=1S/C18H23NOS/c1-3-13-19-16(15-9-5-4-6-10-15)14-21-18-12-8-7-11-17(18)20-2/h4-12,16,19H,3,13-14H2,1-2H3. The Morgan fingerprint density at radius 2 is 1.76 bits per heavy atom. The maximum atomic E-state index is 5.42. The molecule has 0 aliphatic heterocycles. The van der Waals surface area contributed by atoms with Crippen LogP contribution in [0.5, 0.6) is 5.75 Å². The molecular formula is C18H23NOS. The van der Waals surface area contributed by atoms with Gasteiger partial charge in [-0.25, -0.2) is 0 Å². The lowest BCUT2D eigenvalue weighted by Crippen LogP contribution is -2.24. The second-order valence-corrected chi connectivity index (χ2v) is 5.94. The lowest BCUT2D eigenvalue weighted by Gasteiger charge is -2.19. The van der Waals surface area contributed by atoms with Crippen molar-refractivity contribution in [1.82, 2.24) is 5.32 Å². The van der Waals surface area contributed by atoms with E-state index in [1.807, 2.05) is 23.9 Å². The number of hydrogen-bond acceptors (Lipinski definition) is 3. The van der Waals surface area contributed by atoms with E-state index >= 15 is 0 Å². The lowest BCUT2D eigenvalue weighted by molar-refractivity contribution is 0.405. The Bertz CT molecular complexity index is 530. The number of thioether (sulfide) groups is 1. The van der Waals surface area contributed by atoms with Gasteiger partial charge >= 0.3 is 0 Å². The quantitative estimate of drug-likeness (QED) is 0.724. The molecule has 0 amide bonds. The van der Waals surface area contributed by atoms with E-state index in [1.54, 1.807) is 7.11 Å². The van der Waals surface area contributed by atoms with Gasteiger partial charge in [-0.15, -0.1) is 11.8 Å². The molecule has 0 aliphatic rings. The van der Waals surface area contributed by atoms with E-state index in [2.05, 4.69) is 54.7 Å². The maximum Gasteiger partial charge on any atom is 0.132 e. The van der Waals surface area contributed by atoms with Gasteiger partial charge in [0.05, 0.1) is 7.11 Å². The van der Waals surface area contributed by atoms with Crippen molar-refractivity contribution in [3.8, 4) is 5.75 Å². The summed E-state index contributed by atoms with van der Waals surface area (Å²) < 4.78 is 5.42. The van der Waals surface area contributed by atoms with E-state index in [1.165, 1.54) is 10.5 Å². The molecule has 1 N–H and O–H groups in total. The Kier molecular flexibility index (Phi) is 6.64. The van der Waals surface area contributed by atoms with Gasteiger partial charge in [0, 0.05) is 16.7 Å². The van der Waals surface area contributed by atoms with Crippen LogP contribution in [0.4, 0.5) is 0 Å². The number of hydrogen-bond donors (Lipinski definition) is 1. The monoisotopic (exact) mass is 301 g/mol. The fourth-order valence-corrected chi connectivity index (χ4v) is 3.31. The highest BCUT2D eigenvalue weighted by Gasteiger charge is 2.12. The molecule has 2 rings (SSSR count). The summed E-state index contributed by atoms with van der Waals surface area (Å²) in [5.41, 5.74) is 1.34. The Labute approximate surface area is 131 Å². The third-order valence-corrected chi connectivity index (χ3v) is 4.47. The molecule has 1 unspecified atom stereocenters. The Hall–Kier alpha value is -1.45. The van der Waals surface area contributed by atoms with Gasteiger partial charge < -0.3 is 10.1 Å². The predicted molar refractivity (Wildman–Crippen MR) is 91.2 cm³/mol. The van der Waals surface area contributed by atoms with E-state index < -0.39 is 0 Å². The first-order valence-corrected chi connectivity index (χ1v) is 8.38. The van der Waals surface area contributed by atoms with Gasteiger partial charge in [-0.1, -0.05) is 49.4 Å². The van der Waals surface area contributed by atoms with Crippen molar-refractivity contribution in [2.45, 2.75) is 24.3 Å². The second-order valence-electron chi connectivity index (χ2n) is 4.88. The van der Waals surface area contributed by atoms with Crippen LogP contribution < -0.4 is 10.1 Å². The minimum Gasteiger partial charge on any atom is -0.496 e. The number of ether oxygens (including phenoxy) is 1. The first-order valence-electron chi connectivity index (χ1n) is 7.39. The SMILES string of the molecule is CCCNC(CSc1ccccc1OC)c1ccccc1. The second kappa shape index (κ2) is 8.75. The number of benzene rings is 2. The average molecular weight is 301 g/mol. The molecule has 112 valence electrons. The van der Waals surface area contributed by atoms with E-state index in [0.717, 1.165) is 24.5 Å². The predicted octanol–water partition coefficient (Wildman–Crippen LogP) is 4.53. The normalized spacial score (nSPS) is 12.1. The molecule has 1 atom stereocenters. The molecule has 0 saturated carbocycles. The van der Waals surface area contributed by atoms with Crippen LogP contribution in [0, 0.1) is 0 Å². The molecule has 0 fully saturated rings. The molecule has 21 heavy (non-hydrogen) atoms. The van der Waals surface area contributed by atoms with Crippen molar-refractivity contribution >= 4 is 11.8 Å². The zero-order valence-electron chi connectivity index (χ0n) is 12.7. The summed E-state index contributed by atoms with van der Waals surface area (Å²) in [6, 6.07) is 19.2. The summed E-state index contributed by atoms with van der Waals surface area (Å²) in [4.78, 5) is 1.19. The number of rotatable bonds is 8. The van der Waals surface area contributed by atoms with Crippen molar-refractivity contribution in [2.24, 2.45) is 0 Å². The molecule has 2 nitrogen and oxygen atoms in total. The molecule has 0 saturated heterocycles. The van der Waals surface area contributed by atoms with Crippen molar-refractivity contribution in [3.63, 3.8) is 0 Å². The summed E-state index contributed by atoms with van der Waals surface area (Å²) in [6.07, 6.45) is 1.14. The summed E-state index contributed by atoms with van der Waals surface area (Å²) >= 11 is 1.84. The van der Waals surface area contributed by atoms with Gasteiger partial charge in [-0.2, -0.15) is 0 Å². The van der Waals surface area contributed by atoms with Crippen LogP contribution in [0.1, 0.15) is 24.9 Å². The third-order valence-electron chi connectivity index (χ3n) is 3.32. The van der Waals surface area contributed by atoms with Gasteiger partial charge in [-0.05, 0) is 30.7 Å². The summed E-state index contributed by atoms with van der Waals surface area (Å²) in [5.74, 6) is 1.94. The van der Waals surface area contributed by atoms with Gasteiger partial charge in [0.15, 0.2) is 0 Å². The molecule has 0 heterocycles. The van der Waals surface area contributed by atoms with Crippen molar-refractivity contribution in [1.29, 1.82) is 0 Å². The molecule has 0 bridgehead atoms. The molecule has 3 heteroatoms. The van der Waals surface area contributed by atoms with E-state index in [0.29, 0.717) is 6.04 Å². The highest BCUT2D eigenvalue weighted by atomic mass is 32.2. The van der Waals surface area contributed by atoms with Gasteiger partial charge in [0.2, 0.25) is 0 Å². The minimum absolute atomic E-state index is 0.362. The third kappa shape index (κ3) is 4.80. The topological polar surface area (TPSA) is 21.3 Å². The molecule has 0 spiro atoms. The Morgan fingerprint density at radius 1 is 1.05 bits per heavy atom. The molecule has 0 aliphatic carbocycles. The zero-order chi connectivity index (χ0) is 14.9. The Morgan fingerprint density at radius 3 is 2.48 bits per heavy atom. The van der Waals surface area contributed by atoms with Crippen LogP contribution in [0.3, 0.4) is 0 Å². The van der Waals surface area contributed by atoms with Gasteiger partial charge in [-0.3, -0.25) is 0 Å². The van der Waals surface area contributed by atoms with Gasteiger partial charge in [0.1, 0.15) is 5.75 Å². The highest BCUT2D eigenvalue weighted by molar-refractivity contribution is 7.99. The van der Waals surface area contributed by atoms with Crippen LogP contribution >= 0.6 is 11.8 Å². The summed E-state index contributed by atoms with van der Waals surface area (Å²) in [7, 11) is 1.73. The average Bonchev–Trinajstić information content (AvgIpc) is 2.56. The van der Waals surface area contributed by atoms with Crippen LogP contribution in [0.2, 0.25) is 0 Å². The number of nitrogens with one attached hydrogen (secondary N) is 1. The smallest absolute Gasteiger partial charge is 0.132 e. The molecule has 0 radical (unpaired) electrons. The Balaban J connectivity index is 2.05. The van der Waals surface area contributed by atoms with Crippen LogP contribution in [-0.2, 0) is 0 Å². The first-order chi connectivity index (χ1) is 10.3. The van der Waals surface area contributed by atoms with Crippen LogP contribution in [0.25, 0.3) is 0 Å². The summed E-state index contributed by atoms with van der Waals surface area (Å²) in [5, 5.41) is 3.63. The van der Waals surface area contributed by atoms with E-state index in [4.69, 9.17) is 4.74 Å². The lowest BCUT2D eigenvalue weighted by atomic mass is 10.1. The van der Waals surface area contributed by atoms with Crippen molar-refractivity contribution in [2.75, 3.05) is 19.4 Å². The number of para-hydroxylation sites is 1. The zero-order valence-corrected chi connectivity index (χ0v) is 13.5. The van der Waals surface area contributed by atoms with Crippen LogP contribution in [-0.4, -0.2) is 19.4 Å². The maximum absolute atomic E-state index is 5.42. The number of methoxy groups -OCH3 is 1. The first kappa shape index (κ1) is 15.9. The molecule has 2 aromatic carbocycles.